The Bertz CT molecular complexity index is 1450. The first-order valence-electron chi connectivity index (χ1n) is 12.3. The first kappa shape index (κ1) is 25.1. The molecule has 12 heteroatoms. The predicted octanol–water partition coefficient (Wildman–Crippen LogP) is 3.18. The Morgan fingerprint density at radius 1 is 1.08 bits per heavy atom. The fourth-order valence-corrected chi connectivity index (χ4v) is 5.37. The summed E-state index contributed by atoms with van der Waals surface area (Å²) in [6, 6.07) is 10.2. The Hall–Kier alpha value is -3.61. The zero-order valence-corrected chi connectivity index (χ0v) is 21.3. The van der Waals surface area contributed by atoms with Crippen molar-refractivity contribution in [1.29, 1.82) is 0 Å². The van der Waals surface area contributed by atoms with E-state index in [0.29, 0.717) is 35.2 Å². The molecule has 0 atom stereocenters. The van der Waals surface area contributed by atoms with Gasteiger partial charge in [0.05, 0.1) is 17.3 Å². The van der Waals surface area contributed by atoms with Gasteiger partial charge in [-0.2, -0.15) is 9.97 Å². The molecule has 0 bridgehead atoms. The Labute approximate surface area is 215 Å². The van der Waals surface area contributed by atoms with Gasteiger partial charge in [-0.3, -0.25) is 4.98 Å². The average Bonchev–Trinajstić information content (AvgIpc) is 3.33. The molecule has 1 aliphatic rings. The second-order valence-electron chi connectivity index (χ2n) is 9.08. The van der Waals surface area contributed by atoms with Crippen molar-refractivity contribution >= 4 is 38.6 Å². The summed E-state index contributed by atoms with van der Waals surface area (Å²) >= 11 is 0. The third-order valence-electron chi connectivity index (χ3n) is 6.45. The molecule has 4 aromatic rings. The normalized spacial score (nSPS) is 18.1. The first-order valence-corrected chi connectivity index (χ1v) is 13.8. The molecule has 0 saturated heterocycles. The Kier molecular flexibility index (Phi) is 7.31. The molecule has 1 fully saturated rings. The van der Waals surface area contributed by atoms with Crippen molar-refractivity contribution in [3.05, 3.63) is 60.7 Å². The summed E-state index contributed by atoms with van der Waals surface area (Å²) in [5.41, 5.74) is 2.78. The molecule has 0 aliphatic heterocycles. The van der Waals surface area contributed by atoms with Gasteiger partial charge in [0.1, 0.15) is 0 Å². The lowest BCUT2D eigenvalue weighted by Gasteiger charge is -2.26. The number of aliphatic hydroxyl groups excluding tert-OH is 1. The van der Waals surface area contributed by atoms with Crippen LogP contribution in [-0.2, 0) is 23.1 Å². The minimum absolute atomic E-state index is 0.158. The van der Waals surface area contributed by atoms with Crippen molar-refractivity contribution in [2.24, 2.45) is 0 Å². The molecule has 3 aromatic heterocycles. The molecule has 11 nitrogen and oxygen atoms in total. The van der Waals surface area contributed by atoms with E-state index in [9.17, 15) is 13.5 Å². The summed E-state index contributed by atoms with van der Waals surface area (Å²) in [7, 11) is -3.68. The van der Waals surface area contributed by atoms with E-state index in [0.717, 1.165) is 31.2 Å². The lowest BCUT2D eigenvalue weighted by molar-refractivity contribution is 0.126. The van der Waals surface area contributed by atoms with Crippen molar-refractivity contribution in [2.75, 3.05) is 10.6 Å². The van der Waals surface area contributed by atoms with Crippen LogP contribution in [0.1, 0.15) is 38.2 Å². The van der Waals surface area contributed by atoms with E-state index in [2.05, 4.69) is 30.3 Å². The Morgan fingerprint density at radius 2 is 1.86 bits per heavy atom. The van der Waals surface area contributed by atoms with Crippen molar-refractivity contribution in [2.45, 2.75) is 62.7 Å². The van der Waals surface area contributed by atoms with Gasteiger partial charge in [0.25, 0.3) is 0 Å². The third-order valence-corrected chi connectivity index (χ3v) is 7.87. The molecular formula is C25H30N8O3S. The molecule has 0 amide bonds. The number of anilines is 3. The van der Waals surface area contributed by atoms with Crippen LogP contribution >= 0.6 is 0 Å². The van der Waals surface area contributed by atoms with E-state index in [4.69, 9.17) is 4.98 Å². The second kappa shape index (κ2) is 10.8. The fraction of sp³-hybridized carbons (Fsp3) is 0.360. The van der Waals surface area contributed by atoms with Crippen LogP contribution in [0.25, 0.3) is 11.2 Å². The maximum atomic E-state index is 12.7. The van der Waals surface area contributed by atoms with Crippen LogP contribution in [0.3, 0.4) is 0 Å². The second-order valence-corrected chi connectivity index (χ2v) is 10.9. The van der Waals surface area contributed by atoms with E-state index in [1.807, 2.05) is 17.6 Å². The standard InChI is InChI=1S/C25H30N8O3S/c1-2-33-16-27-22-23(31-25(32-24(22)33)30-19-5-9-20(34)10-6-19)29-18-7-11-21(12-8-18)37(35,36)28-15-17-4-3-13-26-14-17/h3-4,7-8,11-14,16,19-20,28,34H,2,5-6,9-10,15H2,1H3,(H2,29,30,31,32). The number of imidazole rings is 1. The lowest BCUT2D eigenvalue weighted by atomic mass is 9.93. The monoisotopic (exact) mass is 522 g/mol. The summed E-state index contributed by atoms with van der Waals surface area (Å²) < 4.78 is 30.0. The molecule has 5 rings (SSSR count). The number of hydrogen-bond donors (Lipinski definition) is 4. The number of fused-ring (bicyclic) bond motifs is 1. The number of nitrogens with zero attached hydrogens (tertiary/aromatic N) is 5. The molecule has 0 spiro atoms. The SMILES string of the molecule is CCn1cnc2c(Nc3ccc(S(=O)(=O)NCc4cccnc4)cc3)nc(NC3CCC(O)CC3)nc21. The van der Waals surface area contributed by atoms with Crippen LogP contribution in [0.4, 0.5) is 17.5 Å². The van der Waals surface area contributed by atoms with Crippen LogP contribution in [0.15, 0.2) is 60.0 Å². The molecule has 4 N–H and O–H groups in total. The van der Waals surface area contributed by atoms with Crippen molar-refractivity contribution < 1.29 is 13.5 Å². The molecule has 0 radical (unpaired) electrons. The number of hydrogen-bond acceptors (Lipinski definition) is 9. The maximum absolute atomic E-state index is 12.7. The van der Waals surface area contributed by atoms with Crippen molar-refractivity contribution in [1.82, 2.24) is 29.2 Å². The number of rotatable bonds is 9. The third kappa shape index (κ3) is 5.87. The number of benzene rings is 1. The Balaban J connectivity index is 1.34. The Morgan fingerprint density at radius 3 is 2.57 bits per heavy atom. The van der Waals surface area contributed by atoms with E-state index < -0.39 is 10.0 Å². The zero-order valence-electron chi connectivity index (χ0n) is 20.5. The summed E-state index contributed by atoms with van der Waals surface area (Å²) in [5.74, 6) is 1.02. The summed E-state index contributed by atoms with van der Waals surface area (Å²) in [5, 5.41) is 16.5. The highest BCUT2D eigenvalue weighted by molar-refractivity contribution is 7.89. The highest BCUT2D eigenvalue weighted by Gasteiger charge is 2.21. The number of sulfonamides is 1. The number of aryl methyl sites for hydroxylation is 1. The lowest BCUT2D eigenvalue weighted by Crippen LogP contribution is -2.29. The largest absolute Gasteiger partial charge is 0.393 e. The van der Waals surface area contributed by atoms with Crippen LogP contribution in [-0.4, -0.2) is 50.2 Å². The highest BCUT2D eigenvalue weighted by Crippen LogP contribution is 2.27. The van der Waals surface area contributed by atoms with Gasteiger partial charge in [-0.1, -0.05) is 6.07 Å². The maximum Gasteiger partial charge on any atom is 0.240 e. The van der Waals surface area contributed by atoms with Gasteiger partial charge in [-0.25, -0.2) is 18.1 Å². The molecule has 1 saturated carbocycles. The zero-order chi connectivity index (χ0) is 25.8. The number of aromatic nitrogens is 5. The summed E-state index contributed by atoms with van der Waals surface area (Å²) in [6.07, 6.45) is 7.97. The van der Waals surface area contributed by atoms with Crippen LogP contribution < -0.4 is 15.4 Å². The predicted molar refractivity (Wildman–Crippen MR) is 141 cm³/mol. The minimum atomic E-state index is -3.68. The van der Waals surface area contributed by atoms with E-state index in [-0.39, 0.29) is 23.6 Å². The van der Waals surface area contributed by atoms with E-state index in [1.165, 1.54) is 0 Å². The summed E-state index contributed by atoms with van der Waals surface area (Å²) in [6.45, 7) is 2.89. The molecule has 1 aromatic carbocycles. The minimum Gasteiger partial charge on any atom is -0.393 e. The first-order chi connectivity index (χ1) is 17.9. The van der Waals surface area contributed by atoms with Crippen LogP contribution in [0, 0.1) is 0 Å². The van der Waals surface area contributed by atoms with E-state index >= 15 is 0 Å². The van der Waals surface area contributed by atoms with Gasteiger partial charge in [0, 0.05) is 37.2 Å². The van der Waals surface area contributed by atoms with Gasteiger partial charge < -0.3 is 20.3 Å². The highest BCUT2D eigenvalue weighted by atomic mass is 32.2. The topological polar surface area (TPSA) is 147 Å². The molecule has 1 aliphatic carbocycles. The molecular weight excluding hydrogens is 492 g/mol. The fourth-order valence-electron chi connectivity index (χ4n) is 4.35. The quantitative estimate of drug-likeness (QED) is 0.260. The average molecular weight is 523 g/mol. The molecule has 3 heterocycles. The van der Waals surface area contributed by atoms with Crippen molar-refractivity contribution in [3.63, 3.8) is 0 Å². The smallest absolute Gasteiger partial charge is 0.240 e. The number of pyridine rings is 1. The van der Waals surface area contributed by atoms with Gasteiger partial charge in [-0.05, 0) is 68.5 Å². The summed E-state index contributed by atoms with van der Waals surface area (Å²) in [4.78, 5) is 18.0. The van der Waals surface area contributed by atoms with Gasteiger partial charge in [0.2, 0.25) is 16.0 Å². The number of aliphatic hydroxyl groups is 1. The van der Waals surface area contributed by atoms with Crippen LogP contribution in [0.5, 0.6) is 0 Å². The number of nitrogens with one attached hydrogen (secondary N) is 3. The van der Waals surface area contributed by atoms with Gasteiger partial charge in [-0.15, -0.1) is 0 Å². The molecule has 194 valence electrons. The van der Waals surface area contributed by atoms with Gasteiger partial charge in [0.15, 0.2) is 17.0 Å². The molecule has 0 unspecified atom stereocenters. The van der Waals surface area contributed by atoms with Crippen LogP contribution in [0.2, 0.25) is 0 Å². The molecule has 37 heavy (non-hydrogen) atoms. The van der Waals surface area contributed by atoms with E-state index in [1.54, 1.807) is 49.1 Å². The van der Waals surface area contributed by atoms with Gasteiger partial charge >= 0.3 is 0 Å². The van der Waals surface area contributed by atoms with Crippen molar-refractivity contribution in [3.8, 4) is 0 Å².